The topological polar surface area (TPSA) is 22.1 Å². The highest BCUT2D eigenvalue weighted by molar-refractivity contribution is 6.32. The molecule has 0 bridgehead atoms. The molecule has 27 heavy (non-hydrogen) atoms. The van der Waals surface area contributed by atoms with Crippen LogP contribution in [-0.2, 0) is 6.61 Å². The maximum Gasteiger partial charge on any atom is 0.138 e. The van der Waals surface area contributed by atoms with Gasteiger partial charge in [0.15, 0.2) is 0 Å². The summed E-state index contributed by atoms with van der Waals surface area (Å²) in [4.78, 5) is 4.47. The van der Waals surface area contributed by atoms with E-state index in [2.05, 4.69) is 30.1 Å². The highest BCUT2D eigenvalue weighted by Crippen LogP contribution is 2.32. The molecule has 3 aromatic carbocycles. The minimum absolute atomic E-state index is 0.373. The van der Waals surface area contributed by atoms with Crippen molar-refractivity contribution in [2.75, 3.05) is 0 Å². The summed E-state index contributed by atoms with van der Waals surface area (Å²) < 4.78 is 5.85. The maximum atomic E-state index is 6.46. The molecule has 0 saturated carbocycles. The van der Waals surface area contributed by atoms with Crippen molar-refractivity contribution in [2.24, 2.45) is 0 Å². The molecule has 0 aliphatic heterocycles. The lowest BCUT2D eigenvalue weighted by Gasteiger charge is -2.11. The summed E-state index contributed by atoms with van der Waals surface area (Å²) in [7, 11) is 0. The number of halogens is 2. The second kappa shape index (κ2) is 7.59. The molecule has 0 unspecified atom stereocenters. The van der Waals surface area contributed by atoms with Crippen LogP contribution in [-0.4, -0.2) is 4.98 Å². The molecule has 0 radical (unpaired) electrons. The minimum atomic E-state index is 0.373. The van der Waals surface area contributed by atoms with Crippen LogP contribution in [0.5, 0.6) is 5.75 Å². The van der Waals surface area contributed by atoms with Crippen LogP contribution in [0.1, 0.15) is 11.1 Å². The quantitative estimate of drug-likeness (QED) is 0.368. The molecule has 1 heterocycles. The number of aryl methyl sites for hydroxylation is 1. The van der Waals surface area contributed by atoms with Gasteiger partial charge >= 0.3 is 0 Å². The van der Waals surface area contributed by atoms with E-state index in [0.29, 0.717) is 22.4 Å². The van der Waals surface area contributed by atoms with E-state index in [9.17, 15) is 0 Å². The lowest BCUT2D eigenvalue weighted by atomic mass is 10.0. The lowest BCUT2D eigenvalue weighted by Crippen LogP contribution is -1.96. The number of hydrogen-bond donors (Lipinski definition) is 0. The number of fused-ring (bicyclic) bond motifs is 1. The normalized spacial score (nSPS) is 10.9. The van der Waals surface area contributed by atoms with Gasteiger partial charge in [-0.1, -0.05) is 59.6 Å². The van der Waals surface area contributed by atoms with Crippen LogP contribution in [0, 0.1) is 6.92 Å². The Morgan fingerprint density at radius 2 is 1.63 bits per heavy atom. The van der Waals surface area contributed by atoms with E-state index < -0.39 is 0 Å². The molecule has 0 aliphatic rings. The largest absolute Gasteiger partial charge is 0.487 e. The second-order valence-corrected chi connectivity index (χ2v) is 7.20. The average molecular weight is 394 g/mol. The number of hydrogen-bond acceptors (Lipinski definition) is 2. The van der Waals surface area contributed by atoms with Crippen LogP contribution in [0.2, 0.25) is 10.0 Å². The third-order valence-corrected chi connectivity index (χ3v) is 5.23. The number of ether oxygens (including phenoxy) is 1. The number of pyridine rings is 1. The van der Waals surface area contributed by atoms with E-state index in [-0.39, 0.29) is 0 Å². The molecule has 0 spiro atoms. The predicted octanol–water partition coefficient (Wildman–Crippen LogP) is 7.10. The molecule has 0 fully saturated rings. The maximum absolute atomic E-state index is 6.46. The Kier molecular flexibility index (Phi) is 5.02. The molecular weight excluding hydrogens is 377 g/mol. The SMILES string of the molecule is Cc1ccnc2cc(-c3ccc(OCc4ccccc4Cl)c(Cl)c3)ccc12. The van der Waals surface area contributed by atoms with Crippen molar-refractivity contribution in [3.05, 3.63) is 94.1 Å². The first-order chi connectivity index (χ1) is 13.1. The summed E-state index contributed by atoms with van der Waals surface area (Å²) in [5, 5.41) is 2.41. The molecule has 0 saturated heterocycles. The summed E-state index contributed by atoms with van der Waals surface area (Å²) >= 11 is 12.6. The highest BCUT2D eigenvalue weighted by Gasteiger charge is 2.08. The van der Waals surface area contributed by atoms with Gasteiger partial charge in [-0.2, -0.15) is 0 Å². The van der Waals surface area contributed by atoms with Crippen LogP contribution >= 0.6 is 23.2 Å². The first-order valence-corrected chi connectivity index (χ1v) is 9.39. The van der Waals surface area contributed by atoms with Gasteiger partial charge in [-0.15, -0.1) is 0 Å². The summed E-state index contributed by atoms with van der Waals surface area (Å²) in [6.07, 6.45) is 1.83. The molecule has 2 nitrogen and oxygen atoms in total. The number of nitrogens with zero attached hydrogens (tertiary/aromatic N) is 1. The monoisotopic (exact) mass is 393 g/mol. The van der Waals surface area contributed by atoms with Crippen molar-refractivity contribution >= 4 is 34.1 Å². The second-order valence-electron chi connectivity index (χ2n) is 6.39. The molecule has 0 N–H and O–H groups in total. The molecular formula is C23H17Cl2NO. The molecule has 0 amide bonds. The van der Waals surface area contributed by atoms with E-state index in [1.807, 2.05) is 54.7 Å². The molecule has 134 valence electrons. The zero-order valence-corrected chi connectivity index (χ0v) is 16.3. The van der Waals surface area contributed by atoms with Crippen LogP contribution in [0.4, 0.5) is 0 Å². The first-order valence-electron chi connectivity index (χ1n) is 8.63. The van der Waals surface area contributed by atoms with Gasteiger partial charge in [0.1, 0.15) is 12.4 Å². The van der Waals surface area contributed by atoms with Gasteiger partial charge in [-0.3, -0.25) is 4.98 Å². The third kappa shape index (κ3) is 3.78. The molecule has 4 heteroatoms. The van der Waals surface area contributed by atoms with Gasteiger partial charge in [-0.25, -0.2) is 0 Å². The Hall–Kier alpha value is -2.55. The van der Waals surface area contributed by atoms with Crippen LogP contribution < -0.4 is 4.74 Å². The molecule has 1 aromatic heterocycles. The minimum Gasteiger partial charge on any atom is -0.487 e. The average Bonchev–Trinajstić information content (AvgIpc) is 2.68. The zero-order valence-electron chi connectivity index (χ0n) is 14.7. The van der Waals surface area contributed by atoms with Crippen LogP contribution in [0.25, 0.3) is 22.0 Å². The fourth-order valence-corrected chi connectivity index (χ4v) is 3.46. The van der Waals surface area contributed by atoms with E-state index in [0.717, 1.165) is 27.6 Å². The van der Waals surface area contributed by atoms with Crippen molar-refractivity contribution in [1.82, 2.24) is 4.98 Å². The van der Waals surface area contributed by atoms with Crippen molar-refractivity contribution in [3.63, 3.8) is 0 Å². The van der Waals surface area contributed by atoms with E-state index in [1.54, 1.807) is 0 Å². The van der Waals surface area contributed by atoms with Gasteiger partial charge in [0.05, 0.1) is 10.5 Å². The smallest absolute Gasteiger partial charge is 0.138 e. The van der Waals surface area contributed by atoms with Crippen molar-refractivity contribution in [2.45, 2.75) is 13.5 Å². The molecule has 0 atom stereocenters. The summed E-state index contributed by atoms with van der Waals surface area (Å²) in [6, 6.07) is 21.7. The van der Waals surface area contributed by atoms with E-state index >= 15 is 0 Å². The van der Waals surface area contributed by atoms with Crippen LogP contribution in [0.3, 0.4) is 0 Å². The fraction of sp³-hybridized carbons (Fsp3) is 0.0870. The molecule has 4 rings (SSSR count). The van der Waals surface area contributed by atoms with Crippen molar-refractivity contribution in [1.29, 1.82) is 0 Å². The number of rotatable bonds is 4. The third-order valence-electron chi connectivity index (χ3n) is 4.57. The Labute approximate surface area is 168 Å². The predicted molar refractivity (Wildman–Crippen MR) is 113 cm³/mol. The van der Waals surface area contributed by atoms with Gasteiger partial charge in [-0.05, 0) is 53.9 Å². The summed E-state index contributed by atoms with van der Waals surface area (Å²) in [5.41, 5.74) is 5.21. The molecule has 0 aliphatic carbocycles. The number of benzene rings is 3. The Balaban J connectivity index is 1.59. The van der Waals surface area contributed by atoms with E-state index in [1.165, 1.54) is 5.56 Å². The summed E-state index contributed by atoms with van der Waals surface area (Å²) in [6.45, 7) is 2.46. The standard InChI is InChI=1S/C23H17Cl2NO/c1-15-10-11-26-22-13-17(6-8-19(15)22)16-7-9-23(21(25)12-16)27-14-18-4-2-3-5-20(18)24/h2-13H,14H2,1H3. The van der Waals surface area contributed by atoms with Crippen molar-refractivity contribution in [3.8, 4) is 16.9 Å². The molecule has 4 aromatic rings. The van der Waals surface area contributed by atoms with E-state index in [4.69, 9.17) is 27.9 Å². The van der Waals surface area contributed by atoms with Gasteiger partial charge < -0.3 is 4.74 Å². The lowest BCUT2D eigenvalue weighted by molar-refractivity contribution is 0.306. The zero-order chi connectivity index (χ0) is 18.8. The highest BCUT2D eigenvalue weighted by atomic mass is 35.5. The van der Waals surface area contributed by atoms with Gasteiger partial charge in [0.2, 0.25) is 0 Å². The van der Waals surface area contributed by atoms with Crippen LogP contribution in [0.15, 0.2) is 72.9 Å². The number of aromatic nitrogens is 1. The Bertz CT molecular complexity index is 1120. The Morgan fingerprint density at radius 1 is 0.852 bits per heavy atom. The summed E-state index contributed by atoms with van der Waals surface area (Å²) in [5.74, 6) is 0.634. The first kappa shape index (κ1) is 17.8. The van der Waals surface area contributed by atoms with Crippen molar-refractivity contribution < 1.29 is 4.74 Å². The van der Waals surface area contributed by atoms with Gasteiger partial charge in [0.25, 0.3) is 0 Å². The Morgan fingerprint density at radius 3 is 2.44 bits per heavy atom. The fourth-order valence-electron chi connectivity index (χ4n) is 3.04. The van der Waals surface area contributed by atoms with Gasteiger partial charge in [0, 0.05) is 22.2 Å².